The van der Waals surface area contributed by atoms with Gasteiger partial charge in [-0.15, -0.1) is 11.3 Å². The highest BCUT2D eigenvalue weighted by Crippen LogP contribution is 2.26. The summed E-state index contributed by atoms with van der Waals surface area (Å²) in [6, 6.07) is 0. The van der Waals surface area contributed by atoms with Crippen molar-refractivity contribution in [2.24, 2.45) is 5.92 Å². The van der Waals surface area contributed by atoms with E-state index in [1.54, 1.807) is 11.3 Å². The predicted octanol–water partition coefficient (Wildman–Crippen LogP) is 3.26. The van der Waals surface area contributed by atoms with Crippen LogP contribution >= 0.6 is 23.1 Å². The highest BCUT2D eigenvalue weighted by Gasteiger charge is 2.21. The summed E-state index contributed by atoms with van der Waals surface area (Å²) >= 11 is 3.08. The van der Waals surface area contributed by atoms with Crippen molar-refractivity contribution in [2.45, 2.75) is 50.0 Å². The van der Waals surface area contributed by atoms with Gasteiger partial charge in [0.1, 0.15) is 0 Å². The maximum Gasteiger partial charge on any atom is 0.230 e. The maximum absolute atomic E-state index is 11.7. The molecule has 4 nitrogen and oxygen atoms in total. The van der Waals surface area contributed by atoms with E-state index in [1.165, 1.54) is 31.0 Å². The molecule has 2 atom stereocenters. The van der Waals surface area contributed by atoms with E-state index in [9.17, 15) is 4.79 Å². The van der Waals surface area contributed by atoms with E-state index in [4.69, 9.17) is 4.74 Å². The van der Waals surface area contributed by atoms with Crippen LogP contribution in [0.1, 0.15) is 38.3 Å². The Morgan fingerprint density at radius 2 is 2.33 bits per heavy atom. The molecule has 118 valence electrons. The van der Waals surface area contributed by atoms with Gasteiger partial charge in [-0.25, -0.2) is 4.98 Å². The van der Waals surface area contributed by atoms with Crippen LogP contribution in [0.25, 0.3) is 0 Å². The molecule has 0 spiro atoms. The Labute approximate surface area is 135 Å². The Bertz CT molecular complexity index is 451. The summed E-state index contributed by atoms with van der Waals surface area (Å²) in [6.07, 6.45) is 5.40. The first-order chi connectivity index (χ1) is 10.1. The fourth-order valence-corrected chi connectivity index (χ4v) is 4.19. The van der Waals surface area contributed by atoms with E-state index >= 15 is 0 Å². The molecule has 2 rings (SSSR count). The van der Waals surface area contributed by atoms with Crippen LogP contribution in [0.5, 0.6) is 0 Å². The van der Waals surface area contributed by atoms with Crippen LogP contribution < -0.4 is 5.32 Å². The van der Waals surface area contributed by atoms with Crippen molar-refractivity contribution in [3.8, 4) is 0 Å². The molecule has 0 bridgehead atoms. The normalized spacial score (nSPS) is 22.2. The molecular formula is C15H24N2O2S2. The molecule has 1 heterocycles. The van der Waals surface area contributed by atoms with E-state index in [0.29, 0.717) is 30.9 Å². The number of thiazole rings is 1. The summed E-state index contributed by atoms with van der Waals surface area (Å²) in [5.41, 5.74) is 1.01. The second-order valence-electron chi connectivity index (χ2n) is 5.56. The van der Waals surface area contributed by atoms with Gasteiger partial charge in [-0.05, 0) is 25.7 Å². The van der Waals surface area contributed by atoms with Gasteiger partial charge in [0.15, 0.2) is 4.34 Å². The largest absolute Gasteiger partial charge is 0.376 e. The summed E-state index contributed by atoms with van der Waals surface area (Å²) in [5.74, 6) is 1.12. The number of rotatable bonds is 7. The molecule has 1 aliphatic carbocycles. The lowest BCUT2D eigenvalue weighted by Crippen LogP contribution is -2.32. The number of aromatic nitrogens is 1. The highest BCUT2D eigenvalue weighted by atomic mass is 32.2. The summed E-state index contributed by atoms with van der Waals surface area (Å²) in [5, 5.41) is 4.91. The number of amides is 1. The molecular weight excluding hydrogens is 304 g/mol. The lowest BCUT2D eigenvalue weighted by molar-refractivity contribution is -0.119. The van der Waals surface area contributed by atoms with Crippen molar-refractivity contribution in [3.05, 3.63) is 11.1 Å². The molecule has 0 unspecified atom stereocenters. The monoisotopic (exact) mass is 328 g/mol. The average Bonchev–Trinajstić information content (AvgIpc) is 2.89. The topological polar surface area (TPSA) is 51.2 Å². The van der Waals surface area contributed by atoms with Gasteiger partial charge in [0, 0.05) is 17.6 Å². The zero-order valence-corrected chi connectivity index (χ0v) is 14.4. The number of nitrogens with one attached hydrogen (secondary N) is 1. The minimum absolute atomic E-state index is 0.0492. The van der Waals surface area contributed by atoms with E-state index in [-0.39, 0.29) is 5.91 Å². The molecule has 0 saturated heterocycles. The van der Waals surface area contributed by atoms with Gasteiger partial charge in [0.05, 0.1) is 18.5 Å². The second-order valence-corrected chi connectivity index (χ2v) is 7.64. The van der Waals surface area contributed by atoms with E-state index in [1.807, 2.05) is 12.3 Å². The Balaban J connectivity index is 1.54. The minimum Gasteiger partial charge on any atom is -0.376 e. The van der Waals surface area contributed by atoms with Gasteiger partial charge >= 0.3 is 0 Å². The van der Waals surface area contributed by atoms with Gasteiger partial charge in [0.25, 0.3) is 0 Å². The van der Waals surface area contributed by atoms with E-state index in [0.717, 1.165) is 16.5 Å². The summed E-state index contributed by atoms with van der Waals surface area (Å²) in [4.78, 5) is 16.1. The summed E-state index contributed by atoms with van der Waals surface area (Å²) in [6.45, 7) is 5.43. The Hall–Kier alpha value is -0.590. The molecule has 1 N–H and O–H groups in total. The molecule has 1 aliphatic rings. The van der Waals surface area contributed by atoms with Crippen molar-refractivity contribution < 1.29 is 9.53 Å². The van der Waals surface area contributed by atoms with Crippen LogP contribution in [0, 0.1) is 12.8 Å². The number of nitrogens with zero attached hydrogens (tertiary/aromatic N) is 1. The minimum atomic E-state index is 0.0492. The summed E-state index contributed by atoms with van der Waals surface area (Å²) < 4.78 is 6.83. The zero-order chi connectivity index (χ0) is 15.1. The van der Waals surface area contributed by atoms with E-state index in [2.05, 4.69) is 17.2 Å². The summed E-state index contributed by atoms with van der Waals surface area (Å²) in [7, 11) is 0. The molecule has 0 aliphatic heterocycles. The molecule has 1 fully saturated rings. The van der Waals surface area contributed by atoms with Gasteiger partial charge in [-0.1, -0.05) is 31.5 Å². The Morgan fingerprint density at radius 1 is 1.52 bits per heavy atom. The van der Waals surface area contributed by atoms with Crippen LogP contribution in [0.3, 0.4) is 0 Å². The van der Waals surface area contributed by atoms with Crippen LogP contribution in [0.15, 0.2) is 9.72 Å². The fourth-order valence-electron chi connectivity index (χ4n) is 2.51. The SMILES string of the molecule is Cc1csc(SCC(=O)NCCO[C@H]2CCCC[C@H]2C)n1. The number of carbonyl (C=O) groups is 1. The molecule has 1 aromatic rings. The van der Waals surface area contributed by atoms with Crippen LogP contribution in [0.2, 0.25) is 0 Å². The first-order valence-corrected chi connectivity index (χ1v) is 9.45. The zero-order valence-electron chi connectivity index (χ0n) is 12.8. The smallest absolute Gasteiger partial charge is 0.230 e. The van der Waals surface area contributed by atoms with Gasteiger partial charge in [-0.3, -0.25) is 4.79 Å². The van der Waals surface area contributed by atoms with E-state index < -0.39 is 0 Å². The second kappa shape index (κ2) is 8.76. The standard InChI is InChI=1S/C15H24N2O2S2/c1-11-5-3-4-6-13(11)19-8-7-16-14(18)10-21-15-17-12(2)9-20-15/h9,11,13H,3-8,10H2,1-2H3,(H,16,18)/t11-,13+/m1/s1. The number of ether oxygens (including phenoxy) is 1. The number of hydrogen-bond acceptors (Lipinski definition) is 5. The van der Waals surface area contributed by atoms with Crippen molar-refractivity contribution in [1.29, 1.82) is 0 Å². The van der Waals surface area contributed by atoms with Crippen LogP contribution in [-0.2, 0) is 9.53 Å². The lowest BCUT2D eigenvalue weighted by Gasteiger charge is -2.28. The molecule has 0 radical (unpaired) electrons. The predicted molar refractivity (Wildman–Crippen MR) is 88.0 cm³/mol. The third-order valence-corrected chi connectivity index (χ3v) is 5.85. The van der Waals surface area contributed by atoms with Gasteiger partial charge < -0.3 is 10.1 Å². The molecule has 1 aromatic heterocycles. The van der Waals surface area contributed by atoms with Crippen molar-refractivity contribution in [1.82, 2.24) is 10.3 Å². The number of hydrogen-bond donors (Lipinski definition) is 1. The third kappa shape index (κ3) is 5.96. The number of aryl methyl sites for hydroxylation is 1. The average molecular weight is 329 g/mol. The first kappa shape index (κ1) is 16.8. The van der Waals surface area contributed by atoms with Crippen molar-refractivity contribution in [2.75, 3.05) is 18.9 Å². The molecule has 21 heavy (non-hydrogen) atoms. The molecule has 1 amide bonds. The quantitative estimate of drug-likeness (QED) is 0.616. The van der Waals surface area contributed by atoms with Crippen molar-refractivity contribution in [3.63, 3.8) is 0 Å². The fraction of sp³-hybridized carbons (Fsp3) is 0.733. The van der Waals surface area contributed by atoms with Crippen LogP contribution in [-0.4, -0.2) is 35.9 Å². The third-order valence-electron chi connectivity index (χ3n) is 3.71. The van der Waals surface area contributed by atoms with Gasteiger partial charge in [0.2, 0.25) is 5.91 Å². The van der Waals surface area contributed by atoms with Crippen molar-refractivity contribution >= 4 is 29.0 Å². The molecule has 6 heteroatoms. The van der Waals surface area contributed by atoms with Crippen LogP contribution in [0.4, 0.5) is 0 Å². The number of thioether (sulfide) groups is 1. The first-order valence-electron chi connectivity index (χ1n) is 7.58. The lowest BCUT2D eigenvalue weighted by atomic mass is 9.88. The maximum atomic E-state index is 11.7. The molecule has 1 saturated carbocycles. The molecule has 0 aromatic carbocycles. The Morgan fingerprint density at radius 3 is 3.05 bits per heavy atom. The Kier molecular flexibility index (Phi) is 6.99. The number of carbonyl (C=O) groups excluding carboxylic acids is 1. The van der Waals surface area contributed by atoms with Gasteiger partial charge in [-0.2, -0.15) is 0 Å². The highest BCUT2D eigenvalue weighted by molar-refractivity contribution is 8.01.